The van der Waals surface area contributed by atoms with Crippen LogP contribution in [-0.4, -0.2) is 10.1 Å². The van der Waals surface area contributed by atoms with Crippen molar-refractivity contribution >= 4 is 0 Å². The second-order valence-electron chi connectivity index (χ2n) is 5.16. The van der Waals surface area contributed by atoms with E-state index in [0.717, 1.165) is 24.1 Å². The van der Waals surface area contributed by atoms with Crippen LogP contribution in [0.3, 0.4) is 0 Å². The van der Waals surface area contributed by atoms with Gasteiger partial charge in [0, 0.05) is 11.9 Å². The van der Waals surface area contributed by atoms with E-state index in [9.17, 15) is 5.11 Å². The Morgan fingerprint density at radius 1 is 1.06 bits per heavy atom. The summed E-state index contributed by atoms with van der Waals surface area (Å²) in [7, 11) is 0. The van der Waals surface area contributed by atoms with Crippen molar-refractivity contribution in [2.75, 3.05) is 0 Å². The molecule has 0 saturated carbocycles. The van der Waals surface area contributed by atoms with Gasteiger partial charge in [0.15, 0.2) is 0 Å². The molecule has 0 saturated heterocycles. The number of hydrogen-bond acceptors (Lipinski definition) is 2. The maximum absolute atomic E-state index is 10.0. The standard InChI is InChI=1S/C16H27NO/c1-3-4-5-6-7-8-9-10-16(18)15-12-11-14(2)17-13-15/h11-13,16,18H,3-10H2,1-2H3. The molecule has 1 aromatic rings. The highest BCUT2D eigenvalue weighted by Crippen LogP contribution is 2.19. The Bertz CT molecular complexity index is 307. The molecule has 1 heterocycles. The van der Waals surface area contributed by atoms with Gasteiger partial charge in [0.1, 0.15) is 0 Å². The molecule has 0 bridgehead atoms. The van der Waals surface area contributed by atoms with Crippen molar-refractivity contribution in [1.29, 1.82) is 0 Å². The molecule has 0 spiro atoms. The van der Waals surface area contributed by atoms with Crippen molar-refractivity contribution in [3.63, 3.8) is 0 Å². The zero-order valence-electron chi connectivity index (χ0n) is 11.9. The van der Waals surface area contributed by atoms with Crippen molar-refractivity contribution in [2.45, 2.75) is 71.3 Å². The van der Waals surface area contributed by atoms with Gasteiger partial charge in [-0.2, -0.15) is 0 Å². The number of pyridine rings is 1. The average molecular weight is 249 g/mol. The van der Waals surface area contributed by atoms with Gasteiger partial charge in [-0.3, -0.25) is 4.98 Å². The molecule has 0 radical (unpaired) electrons. The molecule has 2 heteroatoms. The fourth-order valence-corrected chi connectivity index (χ4v) is 2.14. The topological polar surface area (TPSA) is 33.1 Å². The quantitative estimate of drug-likeness (QED) is 0.651. The number of aromatic nitrogens is 1. The number of aliphatic hydroxyl groups is 1. The molecule has 1 atom stereocenters. The summed E-state index contributed by atoms with van der Waals surface area (Å²) in [5, 5.41) is 10.0. The minimum Gasteiger partial charge on any atom is -0.388 e. The summed E-state index contributed by atoms with van der Waals surface area (Å²) >= 11 is 0. The van der Waals surface area contributed by atoms with Gasteiger partial charge < -0.3 is 5.11 Å². The molecule has 1 rings (SSSR count). The van der Waals surface area contributed by atoms with Crippen molar-refractivity contribution in [3.8, 4) is 0 Å². The van der Waals surface area contributed by atoms with E-state index in [1.165, 1.54) is 38.5 Å². The molecule has 1 aromatic heterocycles. The maximum atomic E-state index is 10.0. The SMILES string of the molecule is CCCCCCCCCC(O)c1ccc(C)nc1. The monoisotopic (exact) mass is 249 g/mol. The van der Waals surface area contributed by atoms with Gasteiger partial charge in [-0.15, -0.1) is 0 Å². The third kappa shape index (κ3) is 6.15. The molecule has 2 nitrogen and oxygen atoms in total. The van der Waals surface area contributed by atoms with Gasteiger partial charge in [0.2, 0.25) is 0 Å². The average Bonchev–Trinajstić information content (AvgIpc) is 2.38. The van der Waals surface area contributed by atoms with Gasteiger partial charge in [0.05, 0.1) is 6.10 Å². The predicted molar refractivity (Wildman–Crippen MR) is 76.5 cm³/mol. The van der Waals surface area contributed by atoms with Gasteiger partial charge in [-0.05, 0) is 25.0 Å². The number of rotatable bonds is 9. The summed E-state index contributed by atoms with van der Waals surface area (Å²) in [4.78, 5) is 4.22. The minimum atomic E-state index is -0.339. The van der Waals surface area contributed by atoms with E-state index in [0.29, 0.717) is 0 Å². The van der Waals surface area contributed by atoms with E-state index in [-0.39, 0.29) is 6.10 Å². The molecular weight excluding hydrogens is 222 g/mol. The lowest BCUT2D eigenvalue weighted by molar-refractivity contribution is 0.163. The molecule has 18 heavy (non-hydrogen) atoms. The summed E-state index contributed by atoms with van der Waals surface area (Å²) in [6, 6.07) is 3.94. The van der Waals surface area contributed by atoms with E-state index >= 15 is 0 Å². The number of nitrogens with zero attached hydrogens (tertiary/aromatic N) is 1. The Balaban J connectivity index is 2.10. The number of aryl methyl sites for hydroxylation is 1. The minimum absolute atomic E-state index is 0.339. The van der Waals surface area contributed by atoms with Crippen molar-refractivity contribution in [1.82, 2.24) is 4.98 Å². The van der Waals surface area contributed by atoms with Crippen LogP contribution in [-0.2, 0) is 0 Å². The highest BCUT2D eigenvalue weighted by molar-refractivity contribution is 5.15. The van der Waals surface area contributed by atoms with Crippen molar-refractivity contribution in [2.24, 2.45) is 0 Å². The van der Waals surface area contributed by atoms with E-state index in [2.05, 4.69) is 11.9 Å². The summed E-state index contributed by atoms with van der Waals surface area (Å²) in [6.07, 6.45) is 11.3. The van der Waals surface area contributed by atoms with Gasteiger partial charge in [-0.1, -0.05) is 57.9 Å². The second-order valence-corrected chi connectivity index (χ2v) is 5.16. The smallest absolute Gasteiger partial charge is 0.0804 e. The van der Waals surface area contributed by atoms with Crippen molar-refractivity contribution in [3.05, 3.63) is 29.6 Å². The van der Waals surface area contributed by atoms with Crippen LogP contribution in [0.25, 0.3) is 0 Å². The van der Waals surface area contributed by atoms with E-state index in [1.807, 2.05) is 19.1 Å². The van der Waals surface area contributed by atoms with Crippen LogP contribution in [0, 0.1) is 6.92 Å². The molecule has 0 fully saturated rings. The van der Waals surface area contributed by atoms with Crippen LogP contribution in [0.4, 0.5) is 0 Å². The molecule has 1 N–H and O–H groups in total. The molecule has 1 unspecified atom stereocenters. The molecular formula is C16H27NO. The molecule has 0 aliphatic carbocycles. The highest BCUT2D eigenvalue weighted by Gasteiger charge is 2.06. The largest absolute Gasteiger partial charge is 0.388 e. The Morgan fingerprint density at radius 2 is 1.72 bits per heavy atom. The zero-order valence-corrected chi connectivity index (χ0v) is 11.9. The Morgan fingerprint density at radius 3 is 2.33 bits per heavy atom. The zero-order chi connectivity index (χ0) is 13.2. The molecule has 102 valence electrons. The number of hydrogen-bond donors (Lipinski definition) is 1. The first kappa shape index (κ1) is 15.2. The van der Waals surface area contributed by atoms with E-state index in [4.69, 9.17) is 0 Å². The predicted octanol–water partition coefficient (Wildman–Crippen LogP) is 4.56. The fourth-order valence-electron chi connectivity index (χ4n) is 2.14. The van der Waals surface area contributed by atoms with Crippen LogP contribution >= 0.6 is 0 Å². The molecule has 0 aromatic carbocycles. The number of unbranched alkanes of at least 4 members (excludes halogenated alkanes) is 6. The van der Waals surface area contributed by atoms with E-state index < -0.39 is 0 Å². The molecule has 0 amide bonds. The lowest BCUT2D eigenvalue weighted by Gasteiger charge is -2.10. The van der Waals surface area contributed by atoms with Crippen molar-refractivity contribution < 1.29 is 5.11 Å². The lowest BCUT2D eigenvalue weighted by Crippen LogP contribution is -1.98. The Hall–Kier alpha value is -0.890. The summed E-state index contributed by atoms with van der Waals surface area (Å²) in [5.41, 5.74) is 1.95. The molecule has 0 aliphatic heterocycles. The van der Waals surface area contributed by atoms with Gasteiger partial charge in [0.25, 0.3) is 0 Å². The summed E-state index contributed by atoms with van der Waals surface area (Å²) < 4.78 is 0. The van der Waals surface area contributed by atoms with Crippen LogP contribution < -0.4 is 0 Å². The second kappa shape index (κ2) is 9.09. The first-order valence-electron chi connectivity index (χ1n) is 7.34. The van der Waals surface area contributed by atoms with Crippen LogP contribution in [0.15, 0.2) is 18.3 Å². The highest BCUT2D eigenvalue weighted by atomic mass is 16.3. The normalized spacial score (nSPS) is 12.6. The molecule has 0 aliphatic rings. The third-order valence-corrected chi connectivity index (χ3v) is 3.40. The lowest BCUT2D eigenvalue weighted by atomic mass is 10.0. The summed E-state index contributed by atoms with van der Waals surface area (Å²) in [5.74, 6) is 0. The first-order valence-corrected chi connectivity index (χ1v) is 7.34. The van der Waals surface area contributed by atoms with Gasteiger partial charge >= 0.3 is 0 Å². The van der Waals surface area contributed by atoms with Crippen LogP contribution in [0.2, 0.25) is 0 Å². The first-order chi connectivity index (χ1) is 8.74. The number of aliphatic hydroxyl groups excluding tert-OH is 1. The Kier molecular flexibility index (Phi) is 7.66. The van der Waals surface area contributed by atoms with Gasteiger partial charge in [-0.25, -0.2) is 0 Å². The van der Waals surface area contributed by atoms with Crippen LogP contribution in [0.5, 0.6) is 0 Å². The Labute approximate surface area is 111 Å². The third-order valence-electron chi connectivity index (χ3n) is 3.40. The van der Waals surface area contributed by atoms with E-state index in [1.54, 1.807) is 6.20 Å². The fraction of sp³-hybridized carbons (Fsp3) is 0.688. The van der Waals surface area contributed by atoms with Crippen LogP contribution in [0.1, 0.15) is 75.7 Å². The maximum Gasteiger partial charge on any atom is 0.0804 e. The summed E-state index contributed by atoms with van der Waals surface area (Å²) in [6.45, 7) is 4.21.